The molecule has 0 aromatic carbocycles. The van der Waals surface area contributed by atoms with Crippen molar-refractivity contribution in [2.24, 2.45) is 5.92 Å². The molecule has 1 aliphatic rings. The van der Waals surface area contributed by atoms with Gasteiger partial charge in [-0.3, -0.25) is 14.6 Å². The number of aromatic nitrogens is 1. The van der Waals surface area contributed by atoms with Gasteiger partial charge in [0.1, 0.15) is 5.69 Å². The summed E-state index contributed by atoms with van der Waals surface area (Å²) < 4.78 is 22.8. The molecule has 1 fully saturated rings. The van der Waals surface area contributed by atoms with Gasteiger partial charge >= 0.3 is 0 Å². The van der Waals surface area contributed by atoms with Crippen molar-refractivity contribution in [1.82, 2.24) is 15.6 Å². The Bertz CT molecular complexity index is 700. The second-order valence-electron chi connectivity index (χ2n) is 6.11. The van der Waals surface area contributed by atoms with Crippen LogP contribution in [0.4, 0.5) is 0 Å². The van der Waals surface area contributed by atoms with Gasteiger partial charge in [-0.2, -0.15) is 0 Å². The van der Waals surface area contributed by atoms with Crippen LogP contribution in [0.5, 0.6) is 0 Å². The third-order valence-electron chi connectivity index (χ3n) is 3.49. The molecule has 0 radical (unpaired) electrons. The van der Waals surface area contributed by atoms with Crippen LogP contribution in [0.25, 0.3) is 0 Å². The van der Waals surface area contributed by atoms with Gasteiger partial charge in [-0.05, 0) is 24.5 Å². The zero-order chi connectivity index (χ0) is 17.0. The first kappa shape index (κ1) is 17.4. The fraction of sp³-hybridized carbons (Fsp3) is 0.533. The smallest absolute Gasteiger partial charge is 0.269 e. The molecule has 126 valence electrons. The monoisotopic (exact) mass is 339 g/mol. The van der Waals surface area contributed by atoms with Gasteiger partial charge in [0.15, 0.2) is 9.84 Å². The number of hydrogen-bond acceptors (Lipinski definition) is 5. The number of carbonyl (C=O) groups excluding carboxylic acids is 2. The molecule has 1 unspecified atom stereocenters. The predicted molar refractivity (Wildman–Crippen MR) is 85.9 cm³/mol. The summed E-state index contributed by atoms with van der Waals surface area (Å²) in [6.07, 6.45) is 1.81. The molecule has 1 aliphatic heterocycles. The third kappa shape index (κ3) is 5.02. The Hall–Kier alpha value is -1.96. The number of pyridine rings is 1. The molecule has 7 nitrogen and oxygen atoms in total. The predicted octanol–water partition coefficient (Wildman–Crippen LogP) is 0.384. The summed E-state index contributed by atoms with van der Waals surface area (Å²) in [7, 11) is -3.05. The van der Waals surface area contributed by atoms with Gasteiger partial charge in [0.2, 0.25) is 0 Å². The van der Waals surface area contributed by atoms with E-state index in [4.69, 9.17) is 0 Å². The van der Waals surface area contributed by atoms with Crippen LogP contribution in [0.15, 0.2) is 18.3 Å². The van der Waals surface area contributed by atoms with E-state index in [9.17, 15) is 18.0 Å². The van der Waals surface area contributed by atoms with Gasteiger partial charge in [0, 0.05) is 24.3 Å². The molecule has 2 heterocycles. The summed E-state index contributed by atoms with van der Waals surface area (Å²) in [5.74, 6) is -0.359. The Morgan fingerprint density at radius 1 is 1.35 bits per heavy atom. The molecule has 0 aliphatic carbocycles. The molecule has 2 amide bonds. The van der Waals surface area contributed by atoms with Crippen LogP contribution in [0.2, 0.25) is 0 Å². The first-order chi connectivity index (χ1) is 10.8. The van der Waals surface area contributed by atoms with Crippen LogP contribution >= 0.6 is 0 Å². The Balaban J connectivity index is 2.01. The quantitative estimate of drug-likeness (QED) is 0.807. The Morgan fingerprint density at radius 2 is 2.09 bits per heavy atom. The normalized spacial score (nSPS) is 19.5. The topological polar surface area (TPSA) is 105 Å². The van der Waals surface area contributed by atoms with Crippen LogP contribution in [0, 0.1) is 5.92 Å². The number of hydrogen-bond donors (Lipinski definition) is 2. The zero-order valence-electron chi connectivity index (χ0n) is 13.2. The van der Waals surface area contributed by atoms with E-state index in [2.05, 4.69) is 15.6 Å². The summed E-state index contributed by atoms with van der Waals surface area (Å²) in [6, 6.07) is 2.53. The number of rotatable bonds is 5. The maximum atomic E-state index is 12.2. The molecule has 23 heavy (non-hydrogen) atoms. The maximum Gasteiger partial charge on any atom is 0.269 e. The first-order valence-electron chi connectivity index (χ1n) is 7.52. The van der Waals surface area contributed by atoms with E-state index in [-0.39, 0.29) is 29.1 Å². The largest absolute Gasteiger partial charge is 0.350 e. The molecule has 0 saturated carbocycles. The molecular weight excluding hydrogens is 318 g/mol. The van der Waals surface area contributed by atoms with Crippen molar-refractivity contribution in [1.29, 1.82) is 0 Å². The van der Waals surface area contributed by atoms with Gasteiger partial charge in [-0.1, -0.05) is 13.8 Å². The number of sulfone groups is 1. The summed E-state index contributed by atoms with van der Waals surface area (Å²) in [5, 5.41) is 5.43. The maximum absolute atomic E-state index is 12.2. The van der Waals surface area contributed by atoms with Crippen LogP contribution < -0.4 is 10.6 Å². The summed E-state index contributed by atoms with van der Waals surface area (Å²) >= 11 is 0. The summed E-state index contributed by atoms with van der Waals surface area (Å²) in [5.41, 5.74) is 0.455. The van der Waals surface area contributed by atoms with E-state index >= 15 is 0 Å². The molecule has 1 atom stereocenters. The van der Waals surface area contributed by atoms with Crippen molar-refractivity contribution in [3.05, 3.63) is 29.6 Å². The summed E-state index contributed by atoms with van der Waals surface area (Å²) in [6.45, 7) is 4.48. The lowest BCUT2D eigenvalue weighted by Crippen LogP contribution is -2.36. The second kappa shape index (κ2) is 7.08. The van der Waals surface area contributed by atoms with Crippen molar-refractivity contribution < 1.29 is 18.0 Å². The number of amides is 2. The fourth-order valence-electron chi connectivity index (χ4n) is 2.26. The van der Waals surface area contributed by atoms with Crippen molar-refractivity contribution in [3.8, 4) is 0 Å². The van der Waals surface area contributed by atoms with Gasteiger partial charge in [-0.25, -0.2) is 8.42 Å². The molecule has 2 N–H and O–H groups in total. The van der Waals surface area contributed by atoms with E-state index in [0.29, 0.717) is 24.4 Å². The van der Waals surface area contributed by atoms with Crippen LogP contribution in [0.1, 0.15) is 41.1 Å². The average Bonchev–Trinajstić information content (AvgIpc) is 2.83. The minimum atomic E-state index is -3.05. The molecule has 1 aromatic rings. The molecule has 2 rings (SSSR count). The fourth-order valence-corrected chi connectivity index (χ4v) is 3.93. The van der Waals surface area contributed by atoms with Gasteiger partial charge < -0.3 is 10.6 Å². The molecular formula is C15H21N3O4S. The van der Waals surface area contributed by atoms with Gasteiger partial charge in [0.05, 0.1) is 11.5 Å². The number of nitrogens with one attached hydrogen (secondary N) is 2. The highest BCUT2D eigenvalue weighted by Crippen LogP contribution is 2.12. The Morgan fingerprint density at radius 3 is 2.70 bits per heavy atom. The lowest BCUT2D eigenvalue weighted by molar-refractivity contribution is 0.0941. The molecule has 0 spiro atoms. The molecule has 1 saturated heterocycles. The molecule has 1 aromatic heterocycles. The van der Waals surface area contributed by atoms with E-state index in [1.54, 1.807) is 0 Å². The third-order valence-corrected chi connectivity index (χ3v) is 5.26. The summed E-state index contributed by atoms with van der Waals surface area (Å²) in [4.78, 5) is 28.1. The highest BCUT2D eigenvalue weighted by Gasteiger charge is 2.29. The lowest BCUT2D eigenvalue weighted by Gasteiger charge is -2.11. The average molecular weight is 339 g/mol. The van der Waals surface area contributed by atoms with E-state index in [0.717, 1.165) is 0 Å². The molecule has 8 heteroatoms. The lowest BCUT2D eigenvalue weighted by atomic mass is 10.1. The second-order valence-corrected chi connectivity index (χ2v) is 8.34. The Labute approximate surface area is 135 Å². The minimum Gasteiger partial charge on any atom is -0.350 e. The molecule has 0 bridgehead atoms. The first-order valence-corrected chi connectivity index (χ1v) is 9.34. The number of carbonyl (C=O) groups is 2. The van der Waals surface area contributed by atoms with Gasteiger partial charge in [0.25, 0.3) is 11.8 Å². The van der Waals surface area contributed by atoms with Crippen molar-refractivity contribution in [2.45, 2.75) is 26.3 Å². The zero-order valence-corrected chi connectivity index (χ0v) is 14.0. The standard InChI is InChI=1S/C15H21N3O4S/c1-10(2)8-17-15(20)13-7-11(3-5-16-13)14(19)18-12-4-6-23(21,22)9-12/h3,5,7,10,12H,4,6,8-9H2,1-2H3,(H,17,20)(H,18,19). The highest BCUT2D eigenvalue weighted by atomic mass is 32.2. The van der Waals surface area contributed by atoms with Gasteiger partial charge in [-0.15, -0.1) is 0 Å². The van der Waals surface area contributed by atoms with Crippen LogP contribution in [0.3, 0.4) is 0 Å². The number of nitrogens with zero attached hydrogens (tertiary/aromatic N) is 1. The van der Waals surface area contributed by atoms with Crippen LogP contribution in [-0.4, -0.2) is 49.3 Å². The van der Waals surface area contributed by atoms with Crippen molar-refractivity contribution in [2.75, 3.05) is 18.1 Å². The van der Waals surface area contributed by atoms with Crippen LogP contribution in [-0.2, 0) is 9.84 Å². The van der Waals surface area contributed by atoms with E-state index in [1.807, 2.05) is 13.8 Å². The SMILES string of the molecule is CC(C)CNC(=O)c1cc(C(=O)NC2CCS(=O)(=O)C2)ccn1. The van der Waals surface area contributed by atoms with E-state index < -0.39 is 15.7 Å². The van der Waals surface area contributed by atoms with Crippen molar-refractivity contribution >= 4 is 21.7 Å². The van der Waals surface area contributed by atoms with Crippen molar-refractivity contribution in [3.63, 3.8) is 0 Å². The highest BCUT2D eigenvalue weighted by molar-refractivity contribution is 7.91. The Kier molecular flexibility index (Phi) is 5.35. The van der Waals surface area contributed by atoms with E-state index in [1.165, 1.54) is 18.3 Å². The minimum absolute atomic E-state index is 0.0362.